The lowest BCUT2D eigenvalue weighted by Crippen LogP contribution is -2.40. The molecule has 1 aliphatic rings. The van der Waals surface area contributed by atoms with E-state index >= 15 is 0 Å². The van der Waals surface area contributed by atoms with Gasteiger partial charge in [0.25, 0.3) is 0 Å². The Labute approximate surface area is 182 Å². The summed E-state index contributed by atoms with van der Waals surface area (Å²) in [6, 6.07) is 12.4. The molecule has 0 bridgehead atoms. The Hall–Kier alpha value is -1.80. The highest BCUT2D eigenvalue weighted by molar-refractivity contribution is 7.99. The summed E-state index contributed by atoms with van der Waals surface area (Å²) in [5.74, 6) is 3.34. The number of aliphatic hydroxyl groups excluding tert-OH is 1. The Morgan fingerprint density at radius 2 is 1.83 bits per heavy atom. The summed E-state index contributed by atoms with van der Waals surface area (Å²) in [7, 11) is 1.62. The van der Waals surface area contributed by atoms with Gasteiger partial charge < -0.3 is 19.9 Å². The molecule has 0 spiro atoms. The number of aliphatic hydroxyl groups is 1. The predicted octanol–water partition coefficient (Wildman–Crippen LogP) is 2.96. The molecule has 164 valence electrons. The number of methoxy groups -OCH3 is 1. The number of hydrogen-bond acceptors (Lipinski definition) is 6. The summed E-state index contributed by atoms with van der Waals surface area (Å²) in [5, 5.41) is 13.7. The van der Waals surface area contributed by atoms with Crippen LogP contribution in [0.4, 0.5) is 4.39 Å². The van der Waals surface area contributed by atoms with Crippen LogP contribution in [0.2, 0.25) is 0 Å². The summed E-state index contributed by atoms with van der Waals surface area (Å²) in [6.45, 7) is 4.43. The second kappa shape index (κ2) is 12.2. The van der Waals surface area contributed by atoms with Crippen molar-refractivity contribution in [1.82, 2.24) is 10.2 Å². The molecule has 5 nitrogen and oxygen atoms in total. The molecule has 0 aromatic heterocycles. The topological polar surface area (TPSA) is 54.0 Å². The first-order valence-corrected chi connectivity index (χ1v) is 11.5. The molecule has 1 aliphatic heterocycles. The molecule has 0 radical (unpaired) electrons. The number of benzene rings is 2. The van der Waals surface area contributed by atoms with Gasteiger partial charge in [-0.3, -0.25) is 4.90 Å². The fourth-order valence-electron chi connectivity index (χ4n) is 3.38. The van der Waals surface area contributed by atoms with Gasteiger partial charge in [0.2, 0.25) is 0 Å². The van der Waals surface area contributed by atoms with Crippen LogP contribution in [-0.2, 0) is 13.0 Å². The van der Waals surface area contributed by atoms with Crippen molar-refractivity contribution in [1.29, 1.82) is 0 Å². The van der Waals surface area contributed by atoms with Crippen LogP contribution in [0.3, 0.4) is 0 Å². The molecule has 0 saturated carbocycles. The average molecular weight is 435 g/mol. The first kappa shape index (κ1) is 22.9. The van der Waals surface area contributed by atoms with Gasteiger partial charge in [-0.15, -0.1) is 0 Å². The van der Waals surface area contributed by atoms with Crippen LogP contribution >= 0.6 is 11.8 Å². The Morgan fingerprint density at radius 3 is 2.57 bits per heavy atom. The first-order valence-electron chi connectivity index (χ1n) is 10.4. The minimum Gasteiger partial charge on any atom is -0.493 e. The van der Waals surface area contributed by atoms with Gasteiger partial charge in [0.15, 0.2) is 11.5 Å². The maximum absolute atomic E-state index is 13.0. The second-order valence-corrected chi connectivity index (χ2v) is 8.64. The van der Waals surface area contributed by atoms with Crippen molar-refractivity contribution in [3.05, 3.63) is 59.4 Å². The molecule has 1 heterocycles. The van der Waals surface area contributed by atoms with Crippen molar-refractivity contribution in [3.63, 3.8) is 0 Å². The van der Waals surface area contributed by atoms with Crippen molar-refractivity contribution < 1.29 is 19.0 Å². The van der Waals surface area contributed by atoms with Crippen LogP contribution in [0.25, 0.3) is 0 Å². The Morgan fingerprint density at radius 1 is 1.10 bits per heavy atom. The van der Waals surface area contributed by atoms with E-state index in [1.54, 1.807) is 7.11 Å². The predicted molar refractivity (Wildman–Crippen MR) is 120 cm³/mol. The molecule has 30 heavy (non-hydrogen) atoms. The molecule has 2 aromatic rings. The van der Waals surface area contributed by atoms with Crippen molar-refractivity contribution in [2.75, 3.05) is 51.4 Å². The van der Waals surface area contributed by atoms with Crippen LogP contribution in [0.15, 0.2) is 42.5 Å². The summed E-state index contributed by atoms with van der Waals surface area (Å²) >= 11 is 1.96. The van der Waals surface area contributed by atoms with Gasteiger partial charge in [0.05, 0.1) is 7.11 Å². The molecule has 1 saturated heterocycles. The van der Waals surface area contributed by atoms with Crippen molar-refractivity contribution in [2.45, 2.75) is 19.1 Å². The van der Waals surface area contributed by atoms with Crippen LogP contribution in [0.1, 0.15) is 11.1 Å². The van der Waals surface area contributed by atoms with Crippen molar-refractivity contribution in [3.8, 4) is 11.5 Å². The van der Waals surface area contributed by atoms with E-state index in [1.807, 2.05) is 42.1 Å². The minimum atomic E-state index is -0.523. The molecule has 0 unspecified atom stereocenters. The number of nitrogens with one attached hydrogen (secondary N) is 1. The van der Waals surface area contributed by atoms with Crippen LogP contribution in [0.5, 0.6) is 11.5 Å². The summed E-state index contributed by atoms with van der Waals surface area (Å²) in [4.78, 5) is 2.28. The lowest BCUT2D eigenvalue weighted by Gasteiger charge is -2.28. The Bertz CT molecular complexity index is 770. The van der Waals surface area contributed by atoms with Gasteiger partial charge in [0.1, 0.15) is 18.5 Å². The standard InChI is InChI=1S/C23H31FN2O3S/c1-28-23-14-19(15-25-9-8-18-2-5-20(24)6-3-18)4-7-22(23)29-17-21(27)16-26-10-12-30-13-11-26/h2-7,14,21,25,27H,8-13,15-17H2,1H3/t21-/m0/s1. The highest BCUT2D eigenvalue weighted by atomic mass is 32.2. The van der Waals surface area contributed by atoms with Crippen molar-refractivity contribution in [2.24, 2.45) is 0 Å². The van der Waals surface area contributed by atoms with E-state index in [1.165, 1.54) is 12.1 Å². The van der Waals surface area contributed by atoms with E-state index in [4.69, 9.17) is 9.47 Å². The largest absolute Gasteiger partial charge is 0.493 e. The number of halogens is 1. The number of rotatable bonds is 11. The fraction of sp³-hybridized carbons (Fsp3) is 0.478. The van der Waals surface area contributed by atoms with Gasteiger partial charge in [0, 0.05) is 37.7 Å². The zero-order chi connectivity index (χ0) is 21.2. The highest BCUT2D eigenvalue weighted by Gasteiger charge is 2.16. The smallest absolute Gasteiger partial charge is 0.161 e. The highest BCUT2D eigenvalue weighted by Crippen LogP contribution is 2.28. The maximum atomic E-state index is 13.0. The Balaban J connectivity index is 1.42. The minimum absolute atomic E-state index is 0.209. The van der Waals surface area contributed by atoms with Crippen LogP contribution in [-0.4, -0.2) is 67.5 Å². The van der Waals surface area contributed by atoms with Crippen molar-refractivity contribution >= 4 is 11.8 Å². The van der Waals surface area contributed by atoms with E-state index in [9.17, 15) is 9.50 Å². The SMILES string of the molecule is COc1cc(CNCCc2ccc(F)cc2)ccc1OC[C@@H](O)CN1CCSCC1. The molecule has 0 amide bonds. The lowest BCUT2D eigenvalue weighted by molar-refractivity contribution is 0.0705. The van der Waals surface area contributed by atoms with Crippen LogP contribution < -0.4 is 14.8 Å². The maximum Gasteiger partial charge on any atom is 0.161 e. The molecule has 1 atom stereocenters. The number of hydrogen-bond donors (Lipinski definition) is 2. The molecule has 3 rings (SSSR count). The molecular weight excluding hydrogens is 403 g/mol. The average Bonchev–Trinajstić information content (AvgIpc) is 2.77. The summed E-state index contributed by atoms with van der Waals surface area (Å²) in [6.07, 6.45) is 0.317. The number of thioether (sulfide) groups is 1. The van der Waals surface area contributed by atoms with E-state index in [2.05, 4.69) is 10.2 Å². The molecule has 2 aromatic carbocycles. The second-order valence-electron chi connectivity index (χ2n) is 7.42. The molecule has 1 fully saturated rings. The van der Waals surface area contributed by atoms with E-state index in [0.717, 1.165) is 48.7 Å². The van der Waals surface area contributed by atoms with Gasteiger partial charge in [-0.1, -0.05) is 18.2 Å². The monoisotopic (exact) mass is 434 g/mol. The van der Waals surface area contributed by atoms with Gasteiger partial charge in [-0.2, -0.15) is 11.8 Å². The third kappa shape index (κ3) is 7.47. The molecule has 2 N–H and O–H groups in total. The number of β-amino-alcohol motifs (C(OH)–C–C–N with tert-alkyl or cyclic N) is 1. The van der Waals surface area contributed by atoms with E-state index < -0.39 is 6.10 Å². The zero-order valence-electron chi connectivity index (χ0n) is 17.5. The normalized spacial score (nSPS) is 15.7. The summed E-state index contributed by atoms with van der Waals surface area (Å²) < 4.78 is 24.2. The lowest BCUT2D eigenvalue weighted by atomic mass is 10.1. The van der Waals surface area contributed by atoms with E-state index in [-0.39, 0.29) is 12.4 Å². The summed E-state index contributed by atoms with van der Waals surface area (Å²) in [5.41, 5.74) is 2.19. The third-order valence-electron chi connectivity index (χ3n) is 5.06. The van der Waals surface area contributed by atoms with Gasteiger partial charge >= 0.3 is 0 Å². The first-order chi connectivity index (χ1) is 14.6. The van der Waals surface area contributed by atoms with Gasteiger partial charge in [-0.05, 0) is 48.4 Å². The third-order valence-corrected chi connectivity index (χ3v) is 6.01. The van der Waals surface area contributed by atoms with E-state index in [0.29, 0.717) is 24.6 Å². The molecule has 7 heteroatoms. The quantitative estimate of drug-likeness (QED) is 0.531. The molecular formula is C23H31FN2O3S. The van der Waals surface area contributed by atoms with Crippen LogP contribution in [0, 0.1) is 5.82 Å². The fourth-order valence-corrected chi connectivity index (χ4v) is 4.36. The number of ether oxygens (including phenoxy) is 2. The van der Waals surface area contributed by atoms with Gasteiger partial charge in [-0.25, -0.2) is 4.39 Å². The zero-order valence-corrected chi connectivity index (χ0v) is 18.3. The number of nitrogens with zero attached hydrogens (tertiary/aromatic N) is 1. The Kier molecular flexibility index (Phi) is 9.27. The molecule has 0 aliphatic carbocycles.